The van der Waals surface area contributed by atoms with Gasteiger partial charge in [-0.05, 0) is 12.8 Å². The third-order valence-electron chi connectivity index (χ3n) is 2.90. The molecule has 0 aromatic heterocycles. The van der Waals surface area contributed by atoms with Gasteiger partial charge in [0.2, 0.25) is 11.8 Å². The highest BCUT2D eigenvalue weighted by Crippen LogP contribution is 2.11. The van der Waals surface area contributed by atoms with Crippen molar-refractivity contribution in [2.75, 3.05) is 26.2 Å². The van der Waals surface area contributed by atoms with E-state index < -0.39 is 30.3 Å². The minimum atomic E-state index is -1.02. The molecule has 2 N–H and O–H groups in total. The van der Waals surface area contributed by atoms with Crippen LogP contribution in [-0.2, 0) is 19.2 Å². The number of amides is 6. The van der Waals surface area contributed by atoms with Crippen LogP contribution in [0.2, 0.25) is 0 Å². The zero-order valence-corrected chi connectivity index (χ0v) is 12.7. The first kappa shape index (κ1) is 17.6. The zero-order valence-electron chi connectivity index (χ0n) is 12.7. The molecule has 1 heterocycles. The molecule has 1 rings (SSSR count). The third-order valence-corrected chi connectivity index (χ3v) is 2.90. The van der Waals surface area contributed by atoms with Gasteiger partial charge >= 0.3 is 17.8 Å². The summed E-state index contributed by atoms with van der Waals surface area (Å²) in [6, 6.07) is -0.803. The molecule has 1 saturated heterocycles. The lowest BCUT2D eigenvalue weighted by atomic mass is 10.4. The Hall–Kier alpha value is -2.45. The van der Waals surface area contributed by atoms with Crippen molar-refractivity contribution in [1.29, 1.82) is 0 Å². The molecule has 9 nitrogen and oxygen atoms in total. The van der Waals surface area contributed by atoms with Crippen molar-refractivity contribution in [3.8, 4) is 0 Å². The number of carbonyl (C=O) groups is 5. The van der Waals surface area contributed by atoms with Crippen LogP contribution in [0.3, 0.4) is 0 Å². The van der Waals surface area contributed by atoms with Crippen molar-refractivity contribution in [1.82, 2.24) is 20.4 Å². The highest BCUT2D eigenvalue weighted by Gasteiger charge is 2.44. The summed E-state index contributed by atoms with van der Waals surface area (Å²) in [6.07, 6.45) is 1.29. The normalized spacial score (nSPS) is 14.5. The number of hydrogen-bond donors (Lipinski definition) is 2. The molecule has 0 spiro atoms. The van der Waals surface area contributed by atoms with E-state index in [1.165, 1.54) is 0 Å². The van der Waals surface area contributed by atoms with Crippen molar-refractivity contribution in [3.05, 3.63) is 0 Å². The van der Waals surface area contributed by atoms with E-state index in [0.29, 0.717) is 17.9 Å². The lowest BCUT2D eigenvalue weighted by Crippen LogP contribution is -2.44. The molecule has 1 aliphatic heterocycles. The minimum absolute atomic E-state index is 0.126. The van der Waals surface area contributed by atoms with E-state index in [2.05, 4.69) is 10.6 Å². The highest BCUT2D eigenvalue weighted by molar-refractivity contribution is 6.45. The summed E-state index contributed by atoms with van der Waals surface area (Å²) in [5, 5.41) is 4.86. The fourth-order valence-electron chi connectivity index (χ4n) is 1.82. The fraction of sp³-hybridized carbons (Fsp3) is 0.615. The van der Waals surface area contributed by atoms with Crippen molar-refractivity contribution in [2.45, 2.75) is 26.7 Å². The van der Waals surface area contributed by atoms with E-state index in [1.54, 1.807) is 6.92 Å². The van der Waals surface area contributed by atoms with Gasteiger partial charge in [0.1, 0.15) is 6.54 Å². The average molecular weight is 312 g/mol. The summed E-state index contributed by atoms with van der Waals surface area (Å²) < 4.78 is 0. The van der Waals surface area contributed by atoms with Crippen molar-refractivity contribution >= 4 is 29.7 Å². The van der Waals surface area contributed by atoms with E-state index in [0.717, 1.165) is 11.3 Å². The predicted molar refractivity (Wildman–Crippen MR) is 75.4 cm³/mol. The van der Waals surface area contributed by atoms with Crippen LogP contribution >= 0.6 is 0 Å². The Morgan fingerprint density at radius 2 is 1.55 bits per heavy atom. The van der Waals surface area contributed by atoms with Crippen LogP contribution in [0.5, 0.6) is 0 Å². The van der Waals surface area contributed by atoms with Gasteiger partial charge in [-0.1, -0.05) is 13.8 Å². The van der Waals surface area contributed by atoms with Crippen LogP contribution in [-0.4, -0.2) is 65.6 Å². The van der Waals surface area contributed by atoms with Crippen molar-refractivity contribution in [2.24, 2.45) is 0 Å². The first-order valence-electron chi connectivity index (χ1n) is 7.13. The van der Waals surface area contributed by atoms with Gasteiger partial charge < -0.3 is 10.6 Å². The summed E-state index contributed by atoms with van der Waals surface area (Å²) in [6.45, 7) is 3.45. The van der Waals surface area contributed by atoms with Gasteiger partial charge in [-0.25, -0.2) is 9.69 Å². The van der Waals surface area contributed by atoms with E-state index in [1.807, 2.05) is 6.92 Å². The summed E-state index contributed by atoms with van der Waals surface area (Å²) >= 11 is 0. The molecule has 1 aliphatic rings. The molecular weight excluding hydrogens is 292 g/mol. The monoisotopic (exact) mass is 312 g/mol. The molecule has 6 amide bonds. The van der Waals surface area contributed by atoms with Gasteiger partial charge in [0, 0.05) is 13.1 Å². The fourth-order valence-corrected chi connectivity index (χ4v) is 1.82. The number of hydrogen-bond acceptors (Lipinski definition) is 5. The number of rotatable bonds is 8. The van der Waals surface area contributed by atoms with Crippen LogP contribution in [0.1, 0.15) is 26.7 Å². The number of carbonyl (C=O) groups excluding carboxylic acids is 5. The molecule has 0 aromatic carbocycles. The molecular formula is C13H20N4O5. The maximum absolute atomic E-state index is 11.9. The van der Waals surface area contributed by atoms with E-state index in [-0.39, 0.29) is 19.0 Å². The van der Waals surface area contributed by atoms with Gasteiger partial charge in [-0.2, -0.15) is 0 Å². The Morgan fingerprint density at radius 1 is 0.909 bits per heavy atom. The Balaban J connectivity index is 2.50. The second-order valence-electron chi connectivity index (χ2n) is 4.76. The number of nitrogens with one attached hydrogen (secondary N) is 2. The van der Waals surface area contributed by atoms with Gasteiger partial charge in [0.15, 0.2) is 0 Å². The van der Waals surface area contributed by atoms with Gasteiger partial charge in [0.05, 0.1) is 6.54 Å². The molecule has 122 valence electrons. The molecule has 0 atom stereocenters. The highest BCUT2D eigenvalue weighted by atomic mass is 16.2. The number of nitrogens with zero attached hydrogens (tertiary/aromatic N) is 2. The number of imide groups is 2. The van der Waals surface area contributed by atoms with Gasteiger partial charge in [0.25, 0.3) is 0 Å². The predicted octanol–water partition coefficient (Wildman–Crippen LogP) is -1.17. The quantitative estimate of drug-likeness (QED) is 0.433. The Labute approximate surface area is 128 Å². The molecule has 0 saturated carbocycles. The average Bonchev–Trinajstić information content (AvgIpc) is 2.69. The molecule has 9 heteroatoms. The topological polar surface area (TPSA) is 116 Å². The summed E-state index contributed by atoms with van der Waals surface area (Å²) in [4.78, 5) is 59.5. The Bertz CT molecular complexity index is 491. The van der Waals surface area contributed by atoms with Gasteiger partial charge in [-0.15, -0.1) is 0 Å². The van der Waals surface area contributed by atoms with E-state index in [4.69, 9.17) is 0 Å². The maximum Gasteiger partial charge on any atom is 0.334 e. The molecule has 0 radical (unpaired) electrons. The van der Waals surface area contributed by atoms with E-state index >= 15 is 0 Å². The van der Waals surface area contributed by atoms with E-state index in [9.17, 15) is 24.0 Å². The molecule has 0 aromatic rings. The van der Waals surface area contributed by atoms with Crippen LogP contribution in [0, 0.1) is 0 Å². The standard InChI is InChI=1S/C13H20N4O5/c1-3-5-14-9(18)7-15-10(19)8-17-12(21)11(20)16(6-4-2)13(17)22/h3-8H2,1-2H3,(H,14,18)(H,15,19). The van der Waals surface area contributed by atoms with Crippen molar-refractivity contribution < 1.29 is 24.0 Å². The van der Waals surface area contributed by atoms with Crippen LogP contribution in [0.25, 0.3) is 0 Å². The molecule has 1 fully saturated rings. The minimum Gasteiger partial charge on any atom is -0.355 e. The van der Waals surface area contributed by atoms with Gasteiger partial charge in [-0.3, -0.25) is 24.1 Å². The molecule has 0 bridgehead atoms. The lowest BCUT2D eigenvalue weighted by Gasteiger charge is -2.14. The van der Waals surface area contributed by atoms with Crippen LogP contribution < -0.4 is 10.6 Å². The Kier molecular flexibility index (Phi) is 6.48. The zero-order chi connectivity index (χ0) is 16.7. The summed E-state index contributed by atoms with van der Waals surface area (Å²) in [5.41, 5.74) is 0. The Morgan fingerprint density at radius 3 is 2.14 bits per heavy atom. The number of urea groups is 1. The summed E-state index contributed by atoms with van der Waals surface area (Å²) in [7, 11) is 0. The SMILES string of the molecule is CCCNC(=O)CNC(=O)CN1C(=O)C(=O)N(CCC)C1=O. The van der Waals surface area contributed by atoms with Crippen LogP contribution in [0.15, 0.2) is 0 Å². The van der Waals surface area contributed by atoms with Crippen LogP contribution in [0.4, 0.5) is 4.79 Å². The first-order chi connectivity index (χ1) is 10.4. The lowest BCUT2D eigenvalue weighted by molar-refractivity contribution is -0.144. The van der Waals surface area contributed by atoms with Crippen molar-refractivity contribution in [3.63, 3.8) is 0 Å². The summed E-state index contributed by atoms with van der Waals surface area (Å²) in [5.74, 6) is -3.00. The molecule has 0 aliphatic carbocycles. The second kappa shape index (κ2) is 8.11. The first-order valence-corrected chi connectivity index (χ1v) is 7.13. The maximum atomic E-state index is 11.9. The molecule has 22 heavy (non-hydrogen) atoms. The third kappa shape index (κ3) is 4.27. The molecule has 0 unspecified atom stereocenters. The second-order valence-corrected chi connectivity index (χ2v) is 4.76. The largest absolute Gasteiger partial charge is 0.355 e. The smallest absolute Gasteiger partial charge is 0.334 e.